The van der Waals surface area contributed by atoms with Crippen molar-refractivity contribution in [1.29, 1.82) is 0 Å². The van der Waals surface area contributed by atoms with Crippen molar-refractivity contribution in [3.63, 3.8) is 0 Å². The summed E-state index contributed by atoms with van der Waals surface area (Å²) in [5.41, 5.74) is 1.22. The van der Waals surface area contributed by atoms with Crippen LogP contribution in [0.15, 0.2) is 42.6 Å². The van der Waals surface area contributed by atoms with E-state index in [0.717, 1.165) is 5.69 Å². The molecular formula is C16H17FN2O2. The maximum Gasteiger partial charge on any atom is 0.176 e. The van der Waals surface area contributed by atoms with Crippen molar-refractivity contribution in [2.45, 2.75) is 6.54 Å². The normalized spacial score (nSPS) is 10.7. The Labute approximate surface area is 123 Å². The van der Waals surface area contributed by atoms with E-state index in [4.69, 9.17) is 4.74 Å². The minimum absolute atomic E-state index is 0.133. The van der Waals surface area contributed by atoms with Gasteiger partial charge in [0.05, 0.1) is 19.3 Å². The number of ether oxygens (including phenoxy) is 1. The third kappa shape index (κ3) is 4.10. The highest BCUT2D eigenvalue weighted by Gasteiger charge is 2.12. The molecule has 0 unspecified atom stereocenters. The van der Waals surface area contributed by atoms with Crippen LogP contribution < -0.4 is 4.74 Å². The van der Waals surface area contributed by atoms with Gasteiger partial charge in [0.1, 0.15) is 0 Å². The molecule has 0 aliphatic heterocycles. The molecule has 4 nitrogen and oxygen atoms in total. The molecule has 1 heterocycles. The van der Waals surface area contributed by atoms with Crippen LogP contribution in [0.3, 0.4) is 0 Å². The van der Waals surface area contributed by atoms with Gasteiger partial charge in [-0.3, -0.25) is 14.7 Å². The van der Waals surface area contributed by atoms with Gasteiger partial charge in [-0.15, -0.1) is 0 Å². The maximum atomic E-state index is 13.6. The van der Waals surface area contributed by atoms with Gasteiger partial charge in [-0.05, 0) is 37.4 Å². The van der Waals surface area contributed by atoms with E-state index in [9.17, 15) is 9.18 Å². The van der Waals surface area contributed by atoms with Crippen LogP contribution in [0.2, 0.25) is 0 Å². The highest BCUT2D eigenvalue weighted by Crippen LogP contribution is 2.18. The van der Waals surface area contributed by atoms with E-state index in [2.05, 4.69) is 4.98 Å². The molecule has 0 fully saturated rings. The molecule has 0 aliphatic rings. The number of halogens is 1. The van der Waals surface area contributed by atoms with Gasteiger partial charge in [-0.1, -0.05) is 6.07 Å². The van der Waals surface area contributed by atoms with Gasteiger partial charge < -0.3 is 4.74 Å². The fourth-order valence-corrected chi connectivity index (χ4v) is 2.00. The summed E-state index contributed by atoms with van der Waals surface area (Å²) in [4.78, 5) is 18.2. The van der Waals surface area contributed by atoms with Gasteiger partial charge in [0.2, 0.25) is 0 Å². The third-order valence-corrected chi connectivity index (χ3v) is 3.05. The van der Waals surface area contributed by atoms with E-state index >= 15 is 0 Å². The third-order valence-electron chi connectivity index (χ3n) is 3.05. The SMILES string of the molecule is COc1ccc(C(=O)CN(C)Cc2ccccn2)cc1F. The standard InChI is InChI=1S/C16H17FN2O2/c1-19(10-13-5-3-4-8-18-13)11-15(20)12-6-7-16(21-2)14(17)9-12/h3-9H,10-11H2,1-2H3. The number of Topliss-reactive ketones (excluding diaryl/α,β-unsaturated/α-hetero) is 1. The summed E-state index contributed by atoms with van der Waals surface area (Å²) in [7, 11) is 3.22. The Kier molecular flexibility index (Phi) is 5.00. The lowest BCUT2D eigenvalue weighted by Gasteiger charge is -2.15. The van der Waals surface area contributed by atoms with E-state index in [-0.39, 0.29) is 18.1 Å². The van der Waals surface area contributed by atoms with Crippen LogP contribution in [0, 0.1) is 5.82 Å². The van der Waals surface area contributed by atoms with Crippen LogP contribution in [-0.2, 0) is 6.54 Å². The van der Waals surface area contributed by atoms with Crippen LogP contribution in [0.5, 0.6) is 5.75 Å². The van der Waals surface area contributed by atoms with Gasteiger partial charge in [0.25, 0.3) is 0 Å². The van der Waals surface area contributed by atoms with Crippen LogP contribution in [0.25, 0.3) is 0 Å². The van der Waals surface area contributed by atoms with E-state index < -0.39 is 5.82 Å². The molecule has 1 aromatic heterocycles. The Morgan fingerprint density at radius 1 is 1.33 bits per heavy atom. The number of likely N-dealkylation sites (N-methyl/N-ethyl adjacent to an activating group) is 1. The fourth-order valence-electron chi connectivity index (χ4n) is 2.00. The molecule has 5 heteroatoms. The molecule has 110 valence electrons. The minimum Gasteiger partial charge on any atom is -0.494 e. The number of carbonyl (C=O) groups excluding carboxylic acids is 1. The molecule has 0 spiro atoms. The summed E-state index contributed by atoms with van der Waals surface area (Å²) in [6.45, 7) is 0.757. The maximum absolute atomic E-state index is 13.6. The molecule has 0 N–H and O–H groups in total. The van der Waals surface area contributed by atoms with Crippen molar-refractivity contribution in [2.24, 2.45) is 0 Å². The molecule has 0 saturated carbocycles. The summed E-state index contributed by atoms with van der Waals surface area (Å²) >= 11 is 0. The monoisotopic (exact) mass is 288 g/mol. The first-order chi connectivity index (χ1) is 10.1. The molecule has 0 radical (unpaired) electrons. The second-order valence-corrected chi connectivity index (χ2v) is 4.77. The predicted molar refractivity (Wildman–Crippen MR) is 77.9 cm³/mol. The largest absolute Gasteiger partial charge is 0.494 e. The van der Waals surface area contributed by atoms with Crippen molar-refractivity contribution in [3.05, 3.63) is 59.7 Å². The Hall–Kier alpha value is -2.27. The summed E-state index contributed by atoms with van der Waals surface area (Å²) in [5.74, 6) is -0.542. The molecule has 2 aromatic rings. The lowest BCUT2D eigenvalue weighted by Crippen LogP contribution is -2.26. The van der Waals surface area contributed by atoms with Gasteiger partial charge in [-0.25, -0.2) is 4.39 Å². The fraction of sp³-hybridized carbons (Fsp3) is 0.250. The molecule has 21 heavy (non-hydrogen) atoms. The van der Waals surface area contributed by atoms with Crippen LogP contribution in [0.4, 0.5) is 4.39 Å². The lowest BCUT2D eigenvalue weighted by molar-refractivity contribution is 0.0942. The number of carbonyl (C=O) groups is 1. The van der Waals surface area contributed by atoms with Gasteiger partial charge in [-0.2, -0.15) is 0 Å². The average molecular weight is 288 g/mol. The molecule has 1 aromatic carbocycles. The number of methoxy groups -OCH3 is 1. The molecule has 0 aliphatic carbocycles. The molecule has 0 bridgehead atoms. The number of aromatic nitrogens is 1. The number of hydrogen-bond acceptors (Lipinski definition) is 4. The Balaban J connectivity index is 1.99. The quantitative estimate of drug-likeness (QED) is 0.766. The Bertz CT molecular complexity index is 617. The molecular weight excluding hydrogens is 271 g/mol. The number of rotatable bonds is 6. The molecule has 0 atom stereocenters. The summed E-state index contributed by atoms with van der Waals surface area (Å²) in [6.07, 6.45) is 1.71. The Morgan fingerprint density at radius 3 is 2.76 bits per heavy atom. The predicted octanol–water partition coefficient (Wildman–Crippen LogP) is 2.54. The number of benzene rings is 1. The lowest BCUT2D eigenvalue weighted by atomic mass is 10.1. The van der Waals surface area contributed by atoms with Crippen LogP contribution in [-0.4, -0.2) is 36.4 Å². The van der Waals surface area contributed by atoms with Gasteiger partial charge in [0, 0.05) is 18.3 Å². The zero-order chi connectivity index (χ0) is 15.2. The second kappa shape index (κ2) is 6.95. The average Bonchev–Trinajstić information content (AvgIpc) is 2.48. The first-order valence-electron chi connectivity index (χ1n) is 6.55. The van der Waals surface area contributed by atoms with Crippen LogP contribution >= 0.6 is 0 Å². The van der Waals surface area contributed by atoms with E-state index in [1.807, 2.05) is 30.1 Å². The van der Waals surface area contributed by atoms with Crippen molar-refractivity contribution in [2.75, 3.05) is 20.7 Å². The van der Waals surface area contributed by atoms with Gasteiger partial charge >= 0.3 is 0 Å². The topological polar surface area (TPSA) is 42.4 Å². The zero-order valence-electron chi connectivity index (χ0n) is 12.0. The highest BCUT2D eigenvalue weighted by atomic mass is 19.1. The summed E-state index contributed by atoms with van der Waals surface area (Å²) in [6, 6.07) is 9.87. The van der Waals surface area contributed by atoms with Crippen molar-refractivity contribution in [1.82, 2.24) is 9.88 Å². The van der Waals surface area contributed by atoms with E-state index in [1.54, 1.807) is 12.3 Å². The molecule has 2 rings (SSSR count). The second-order valence-electron chi connectivity index (χ2n) is 4.77. The number of nitrogens with zero attached hydrogens (tertiary/aromatic N) is 2. The van der Waals surface area contributed by atoms with Crippen LogP contribution in [0.1, 0.15) is 16.1 Å². The van der Waals surface area contributed by atoms with Crippen molar-refractivity contribution in [3.8, 4) is 5.75 Å². The first-order valence-corrected chi connectivity index (χ1v) is 6.55. The van der Waals surface area contributed by atoms with Gasteiger partial charge in [0.15, 0.2) is 17.3 Å². The highest BCUT2D eigenvalue weighted by molar-refractivity contribution is 5.97. The summed E-state index contributed by atoms with van der Waals surface area (Å²) in [5, 5.41) is 0. The smallest absolute Gasteiger partial charge is 0.176 e. The minimum atomic E-state index is -0.532. The van der Waals surface area contributed by atoms with E-state index in [1.165, 1.54) is 19.2 Å². The van der Waals surface area contributed by atoms with Crippen molar-refractivity contribution < 1.29 is 13.9 Å². The zero-order valence-corrected chi connectivity index (χ0v) is 12.0. The number of pyridine rings is 1. The van der Waals surface area contributed by atoms with E-state index in [0.29, 0.717) is 12.1 Å². The number of hydrogen-bond donors (Lipinski definition) is 0. The van der Waals surface area contributed by atoms with Crippen molar-refractivity contribution >= 4 is 5.78 Å². The first kappa shape index (κ1) is 15.1. The molecule has 0 amide bonds. The summed E-state index contributed by atoms with van der Waals surface area (Å²) < 4.78 is 18.4. The molecule has 0 saturated heterocycles. The Morgan fingerprint density at radius 2 is 2.14 bits per heavy atom. The number of ketones is 1.